The summed E-state index contributed by atoms with van der Waals surface area (Å²) in [6, 6.07) is 7.74. The van der Waals surface area contributed by atoms with Crippen molar-refractivity contribution in [3.05, 3.63) is 57.9 Å². The molecule has 1 amide bonds. The minimum atomic E-state index is -3.62. The largest absolute Gasteiger partial charge is 0.326 e. The lowest BCUT2D eigenvalue weighted by molar-refractivity contribution is -0.120. The first-order valence-corrected chi connectivity index (χ1v) is 11.3. The molecule has 0 aliphatic carbocycles. The van der Waals surface area contributed by atoms with Gasteiger partial charge >= 0.3 is 0 Å². The van der Waals surface area contributed by atoms with E-state index >= 15 is 0 Å². The Morgan fingerprint density at radius 2 is 1.69 bits per heavy atom. The Labute approximate surface area is 175 Å². The van der Waals surface area contributed by atoms with Crippen molar-refractivity contribution in [1.29, 1.82) is 0 Å². The molecule has 0 radical (unpaired) electrons. The van der Waals surface area contributed by atoms with Crippen LogP contribution in [0.1, 0.15) is 29.5 Å². The Morgan fingerprint density at radius 1 is 1.10 bits per heavy atom. The van der Waals surface area contributed by atoms with Crippen LogP contribution in [-0.2, 0) is 14.8 Å². The molecule has 8 heteroatoms. The number of nitrogens with one attached hydrogen (secondary N) is 1. The number of hydrogen-bond donors (Lipinski definition) is 1. The fourth-order valence-corrected chi connectivity index (χ4v) is 5.94. The predicted molar refractivity (Wildman–Crippen MR) is 112 cm³/mol. The van der Waals surface area contributed by atoms with Gasteiger partial charge in [-0.1, -0.05) is 29.3 Å². The zero-order valence-corrected chi connectivity index (χ0v) is 18.2. The highest BCUT2D eigenvalue weighted by atomic mass is 35.5. The third-order valence-electron chi connectivity index (χ3n) is 5.21. The number of carbonyl (C=O) groups excluding carboxylic acids is 1. The average molecular weight is 439 g/mol. The van der Waals surface area contributed by atoms with Crippen LogP contribution in [0.2, 0.25) is 5.02 Å². The van der Waals surface area contributed by atoms with Crippen LogP contribution in [0.25, 0.3) is 0 Å². The van der Waals surface area contributed by atoms with E-state index in [0.717, 1.165) is 16.7 Å². The molecule has 5 nitrogen and oxygen atoms in total. The van der Waals surface area contributed by atoms with Crippen molar-refractivity contribution in [2.24, 2.45) is 5.92 Å². The molecule has 0 spiro atoms. The number of piperidine rings is 1. The topological polar surface area (TPSA) is 66.5 Å². The van der Waals surface area contributed by atoms with Crippen molar-refractivity contribution in [2.45, 2.75) is 38.5 Å². The minimum Gasteiger partial charge on any atom is -0.326 e. The monoisotopic (exact) mass is 438 g/mol. The molecule has 1 heterocycles. The zero-order valence-electron chi connectivity index (χ0n) is 16.6. The second kappa shape index (κ2) is 8.42. The van der Waals surface area contributed by atoms with Gasteiger partial charge in [0.1, 0.15) is 5.82 Å². The lowest BCUT2D eigenvalue weighted by Crippen LogP contribution is -2.41. The Hall–Kier alpha value is -1.96. The molecule has 2 aromatic carbocycles. The number of aryl methyl sites for hydroxylation is 3. The molecular formula is C21H24ClFN2O3S. The van der Waals surface area contributed by atoms with E-state index in [-0.39, 0.29) is 29.9 Å². The normalized spacial score (nSPS) is 16.0. The van der Waals surface area contributed by atoms with Crippen molar-refractivity contribution < 1.29 is 17.6 Å². The third kappa shape index (κ3) is 4.63. The number of nitrogens with zero attached hydrogens (tertiary/aromatic N) is 1. The van der Waals surface area contributed by atoms with Crippen LogP contribution in [0.5, 0.6) is 0 Å². The lowest BCUT2D eigenvalue weighted by atomic mass is 9.97. The molecule has 1 fully saturated rings. The van der Waals surface area contributed by atoms with Crippen LogP contribution in [0.15, 0.2) is 35.2 Å². The van der Waals surface area contributed by atoms with E-state index in [1.165, 1.54) is 22.5 Å². The van der Waals surface area contributed by atoms with E-state index in [0.29, 0.717) is 23.4 Å². The second-order valence-corrected chi connectivity index (χ2v) is 9.81. The smallest absolute Gasteiger partial charge is 0.243 e. The molecule has 0 aromatic heterocycles. The second-order valence-electron chi connectivity index (χ2n) is 7.52. The van der Waals surface area contributed by atoms with Gasteiger partial charge in [0.25, 0.3) is 0 Å². The number of anilines is 1. The highest BCUT2D eigenvalue weighted by Crippen LogP contribution is 2.29. The number of rotatable bonds is 4. The Morgan fingerprint density at radius 3 is 2.24 bits per heavy atom. The Kier molecular flexibility index (Phi) is 6.31. The molecule has 1 aliphatic heterocycles. The van der Waals surface area contributed by atoms with Gasteiger partial charge < -0.3 is 5.32 Å². The van der Waals surface area contributed by atoms with E-state index in [9.17, 15) is 17.6 Å². The van der Waals surface area contributed by atoms with Gasteiger partial charge in [-0.3, -0.25) is 4.79 Å². The molecule has 29 heavy (non-hydrogen) atoms. The summed E-state index contributed by atoms with van der Waals surface area (Å²) < 4.78 is 41.0. The van der Waals surface area contributed by atoms with Gasteiger partial charge in [0.2, 0.25) is 15.9 Å². The summed E-state index contributed by atoms with van der Waals surface area (Å²) in [5.41, 5.74) is 2.91. The Balaban J connectivity index is 1.68. The maximum Gasteiger partial charge on any atom is 0.243 e. The molecule has 1 aliphatic rings. The van der Waals surface area contributed by atoms with E-state index in [1.807, 2.05) is 19.1 Å². The molecular weight excluding hydrogens is 415 g/mol. The van der Waals surface area contributed by atoms with Gasteiger partial charge in [0, 0.05) is 24.7 Å². The molecule has 0 atom stereocenters. The van der Waals surface area contributed by atoms with Crippen molar-refractivity contribution in [3.8, 4) is 0 Å². The molecule has 1 N–H and O–H groups in total. The first-order chi connectivity index (χ1) is 13.6. The summed E-state index contributed by atoms with van der Waals surface area (Å²) in [6.07, 6.45) is 0.841. The molecule has 0 unspecified atom stereocenters. The summed E-state index contributed by atoms with van der Waals surface area (Å²) in [5.74, 6) is -1.08. The standard InChI is InChI=1S/C21H24ClFN2O3S/c1-13-10-14(2)20(15(3)11-13)29(27,28)25-8-6-16(7-9-25)21(26)24-17-4-5-19(23)18(22)12-17/h4-5,10-12,16H,6-9H2,1-3H3,(H,24,26). The van der Waals surface area contributed by atoms with E-state index in [4.69, 9.17) is 11.6 Å². The number of sulfonamides is 1. The van der Waals surface area contributed by atoms with Crippen molar-refractivity contribution in [3.63, 3.8) is 0 Å². The van der Waals surface area contributed by atoms with Crippen LogP contribution < -0.4 is 5.32 Å². The van der Waals surface area contributed by atoms with Crippen molar-refractivity contribution in [1.82, 2.24) is 4.31 Å². The number of benzene rings is 2. The SMILES string of the molecule is Cc1cc(C)c(S(=O)(=O)N2CCC(C(=O)Nc3ccc(F)c(Cl)c3)CC2)c(C)c1. The predicted octanol–water partition coefficient (Wildman–Crippen LogP) is 4.44. The summed E-state index contributed by atoms with van der Waals surface area (Å²) in [5, 5.41) is 2.67. The maximum absolute atomic E-state index is 13.3. The van der Waals surface area contributed by atoms with Gasteiger partial charge in [-0.2, -0.15) is 4.31 Å². The van der Waals surface area contributed by atoms with Crippen LogP contribution in [0.3, 0.4) is 0 Å². The lowest BCUT2D eigenvalue weighted by Gasteiger charge is -2.31. The maximum atomic E-state index is 13.3. The Bertz CT molecular complexity index is 1020. The molecule has 2 aromatic rings. The first-order valence-electron chi connectivity index (χ1n) is 9.43. The van der Waals surface area contributed by atoms with Gasteiger partial charge in [-0.15, -0.1) is 0 Å². The highest BCUT2D eigenvalue weighted by Gasteiger charge is 2.33. The van der Waals surface area contributed by atoms with E-state index in [2.05, 4.69) is 5.32 Å². The highest BCUT2D eigenvalue weighted by molar-refractivity contribution is 7.89. The first kappa shape index (κ1) is 21.7. The molecule has 156 valence electrons. The van der Waals surface area contributed by atoms with Gasteiger partial charge in [-0.25, -0.2) is 12.8 Å². The average Bonchev–Trinajstić information content (AvgIpc) is 2.63. The molecule has 1 saturated heterocycles. The summed E-state index contributed by atoms with van der Waals surface area (Å²) in [4.78, 5) is 12.9. The van der Waals surface area contributed by atoms with Gasteiger partial charge in [0.05, 0.1) is 9.92 Å². The fraction of sp³-hybridized carbons (Fsp3) is 0.381. The number of amides is 1. The summed E-state index contributed by atoms with van der Waals surface area (Å²) in [7, 11) is -3.62. The van der Waals surface area contributed by atoms with Gasteiger partial charge in [-0.05, 0) is 62.9 Å². The van der Waals surface area contributed by atoms with Crippen LogP contribution in [0, 0.1) is 32.5 Å². The van der Waals surface area contributed by atoms with E-state index < -0.39 is 15.8 Å². The zero-order chi connectivity index (χ0) is 21.3. The quantitative estimate of drug-likeness (QED) is 0.767. The molecule has 0 bridgehead atoms. The van der Waals surface area contributed by atoms with E-state index in [1.54, 1.807) is 13.8 Å². The van der Waals surface area contributed by atoms with Crippen molar-refractivity contribution in [2.75, 3.05) is 18.4 Å². The van der Waals surface area contributed by atoms with Crippen LogP contribution in [-0.4, -0.2) is 31.7 Å². The summed E-state index contributed by atoms with van der Waals surface area (Å²) >= 11 is 5.75. The molecule has 0 saturated carbocycles. The summed E-state index contributed by atoms with van der Waals surface area (Å²) in [6.45, 7) is 6.10. The minimum absolute atomic E-state index is 0.0625. The van der Waals surface area contributed by atoms with Crippen LogP contribution >= 0.6 is 11.6 Å². The number of halogens is 2. The third-order valence-corrected chi connectivity index (χ3v) is 7.71. The molecule has 3 rings (SSSR count). The van der Waals surface area contributed by atoms with Gasteiger partial charge in [0.15, 0.2) is 0 Å². The number of hydrogen-bond acceptors (Lipinski definition) is 3. The van der Waals surface area contributed by atoms with Crippen molar-refractivity contribution >= 4 is 33.2 Å². The van der Waals surface area contributed by atoms with Crippen LogP contribution in [0.4, 0.5) is 10.1 Å². The number of carbonyl (C=O) groups is 1. The fourth-order valence-electron chi connectivity index (χ4n) is 3.88.